The van der Waals surface area contributed by atoms with Crippen LogP contribution < -0.4 is 4.74 Å². The molecule has 23 heavy (non-hydrogen) atoms. The van der Waals surface area contributed by atoms with Gasteiger partial charge in [0.15, 0.2) is 0 Å². The van der Waals surface area contributed by atoms with Gasteiger partial charge in [-0.2, -0.15) is 5.26 Å². The lowest BCUT2D eigenvalue weighted by molar-refractivity contribution is 0.415. The van der Waals surface area contributed by atoms with Crippen molar-refractivity contribution in [1.82, 2.24) is 0 Å². The summed E-state index contributed by atoms with van der Waals surface area (Å²) in [5.74, 6) is 0.476. The summed E-state index contributed by atoms with van der Waals surface area (Å²) in [7, 11) is -2.38. The number of nitrogens with zero attached hydrogens (tertiary/aromatic N) is 1. The van der Waals surface area contributed by atoms with Crippen molar-refractivity contribution in [3.8, 4) is 11.8 Å². The summed E-state index contributed by atoms with van der Waals surface area (Å²) in [5, 5.41) is 9.59. The van der Waals surface area contributed by atoms with Crippen molar-refractivity contribution in [3.05, 3.63) is 63.5 Å². The molecule has 0 N–H and O–H groups in total. The maximum Gasteiger partial charge on any atom is 0.216 e. The van der Waals surface area contributed by atoms with Crippen LogP contribution in [0, 0.1) is 18.3 Å². The van der Waals surface area contributed by atoms with E-state index in [-0.39, 0.29) is 9.80 Å². The molecule has 0 unspecified atom stereocenters. The second kappa shape index (κ2) is 6.86. The first-order valence-corrected chi connectivity index (χ1v) is 8.51. The van der Waals surface area contributed by atoms with Crippen LogP contribution in [0.5, 0.6) is 5.75 Å². The standard InChI is InChI=1S/C17H14ClNO3S/c1-12-3-6-14(7-4-12)23(20,21)15(11-19)9-13-5-8-17(22-2)16(18)10-13/h3-10H,1-2H3. The number of hydrogen-bond acceptors (Lipinski definition) is 4. The fraction of sp³-hybridized carbons (Fsp3) is 0.118. The van der Waals surface area contributed by atoms with Crippen molar-refractivity contribution in [2.24, 2.45) is 0 Å². The Kier molecular flexibility index (Phi) is 5.09. The van der Waals surface area contributed by atoms with Gasteiger partial charge in [0.05, 0.1) is 17.0 Å². The van der Waals surface area contributed by atoms with E-state index >= 15 is 0 Å². The van der Waals surface area contributed by atoms with Gasteiger partial charge in [0, 0.05) is 0 Å². The lowest BCUT2D eigenvalue weighted by Crippen LogP contribution is -2.03. The summed E-state index contributed by atoms with van der Waals surface area (Å²) in [6.45, 7) is 1.86. The number of allylic oxidation sites excluding steroid dienone is 1. The third-order valence-electron chi connectivity index (χ3n) is 3.20. The Balaban J connectivity index is 2.48. The van der Waals surface area contributed by atoms with Gasteiger partial charge >= 0.3 is 0 Å². The minimum absolute atomic E-state index is 0.0792. The van der Waals surface area contributed by atoms with E-state index in [1.807, 2.05) is 6.92 Å². The predicted octanol–water partition coefficient (Wildman–Crippen LogP) is 4.00. The third-order valence-corrected chi connectivity index (χ3v) is 5.18. The monoisotopic (exact) mass is 347 g/mol. The van der Waals surface area contributed by atoms with Gasteiger partial charge < -0.3 is 4.74 Å². The number of sulfone groups is 1. The number of benzene rings is 2. The van der Waals surface area contributed by atoms with Gasteiger partial charge in [0.1, 0.15) is 16.7 Å². The van der Waals surface area contributed by atoms with Crippen LogP contribution in [0.4, 0.5) is 0 Å². The van der Waals surface area contributed by atoms with Crippen LogP contribution in [-0.4, -0.2) is 15.5 Å². The number of rotatable bonds is 4. The molecule has 6 heteroatoms. The second-order valence-electron chi connectivity index (χ2n) is 4.83. The quantitative estimate of drug-likeness (QED) is 0.784. The third kappa shape index (κ3) is 3.73. The molecule has 0 radical (unpaired) electrons. The van der Waals surface area contributed by atoms with Gasteiger partial charge in [0.2, 0.25) is 9.84 Å². The summed E-state index contributed by atoms with van der Waals surface area (Å²) in [5.41, 5.74) is 1.44. The number of halogens is 1. The fourth-order valence-corrected chi connectivity index (χ4v) is 3.36. The highest BCUT2D eigenvalue weighted by atomic mass is 35.5. The van der Waals surface area contributed by atoms with Crippen molar-refractivity contribution in [1.29, 1.82) is 5.26 Å². The number of aryl methyl sites for hydroxylation is 1. The molecule has 0 atom stereocenters. The highest BCUT2D eigenvalue weighted by molar-refractivity contribution is 7.95. The topological polar surface area (TPSA) is 67.2 Å². The Morgan fingerprint density at radius 2 is 1.87 bits per heavy atom. The van der Waals surface area contributed by atoms with E-state index in [2.05, 4.69) is 0 Å². The number of hydrogen-bond donors (Lipinski definition) is 0. The van der Waals surface area contributed by atoms with Crippen LogP contribution in [0.1, 0.15) is 11.1 Å². The Morgan fingerprint density at radius 3 is 2.39 bits per heavy atom. The molecule has 0 aromatic heterocycles. The average Bonchev–Trinajstić information content (AvgIpc) is 2.53. The number of nitriles is 1. The number of ether oxygens (including phenoxy) is 1. The van der Waals surface area contributed by atoms with Crippen LogP contribution in [0.15, 0.2) is 52.3 Å². The Bertz CT molecular complexity index is 894. The zero-order valence-electron chi connectivity index (χ0n) is 12.6. The normalized spacial score (nSPS) is 11.8. The van der Waals surface area contributed by atoms with E-state index in [1.54, 1.807) is 36.4 Å². The lowest BCUT2D eigenvalue weighted by Gasteiger charge is -2.05. The molecule has 0 bridgehead atoms. The highest BCUT2D eigenvalue weighted by Crippen LogP contribution is 2.27. The molecule has 2 aromatic carbocycles. The van der Waals surface area contributed by atoms with E-state index in [0.29, 0.717) is 16.3 Å². The van der Waals surface area contributed by atoms with Crippen LogP contribution in [0.25, 0.3) is 6.08 Å². The molecular weight excluding hydrogens is 334 g/mol. The molecule has 0 aliphatic rings. The van der Waals surface area contributed by atoms with Crippen molar-refractivity contribution in [2.45, 2.75) is 11.8 Å². The van der Waals surface area contributed by atoms with E-state index in [0.717, 1.165) is 5.56 Å². The van der Waals surface area contributed by atoms with Gasteiger partial charge in [0.25, 0.3) is 0 Å². The second-order valence-corrected chi connectivity index (χ2v) is 7.16. The summed E-state index contributed by atoms with van der Waals surface area (Å²) >= 11 is 6.02. The highest BCUT2D eigenvalue weighted by Gasteiger charge is 2.20. The smallest absolute Gasteiger partial charge is 0.216 e. The van der Waals surface area contributed by atoms with Crippen LogP contribution in [0.3, 0.4) is 0 Å². The summed E-state index contributed by atoms with van der Waals surface area (Å²) in [6, 6.07) is 12.9. The molecule has 2 rings (SSSR count). The van der Waals surface area contributed by atoms with E-state index in [9.17, 15) is 13.7 Å². The Labute approximate surface area is 140 Å². The van der Waals surface area contributed by atoms with Crippen LogP contribution >= 0.6 is 11.6 Å². The minimum atomic E-state index is -3.87. The molecule has 2 aromatic rings. The van der Waals surface area contributed by atoms with Gasteiger partial charge in [-0.15, -0.1) is 0 Å². The first-order valence-electron chi connectivity index (χ1n) is 6.65. The largest absolute Gasteiger partial charge is 0.495 e. The van der Waals surface area contributed by atoms with Crippen LogP contribution in [0.2, 0.25) is 5.02 Å². The molecule has 0 aliphatic heterocycles. The van der Waals surface area contributed by atoms with Crippen molar-refractivity contribution < 1.29 is 13.2 Å². The van der Waals surface area contributed by atoms with Gasteiger partial charge in [-0.3, -0.25) is 0 Å². The van der Waals surface area contributed by atoms with Gasteiger partial charge in [-0.1, -0.05) is 35.4 Å². The molecule has 0 spiro atoms. The number of methoxy groups -OCH3 is 1. The van der Waals surface area contributed by atoms with E-state index < -0.39 is 9.84 Å². The summed E-state index contributed by atoms with van der Waals surface area (Å²) in [4.78, 5) is -0.266. The molecule has 0 amide bonds. The minimum Gasteiger partial charge on any atom is -0.495 e. The molecule has 118 valence electrons. The van der Waals surface area contributed by atoms with Crippen molar-refractivity contribution in [3.63, 3.8) is 0 Å². The zero-order valence-corrected chi connectivity index (χ0v) is 14.1. The molecule has 0 saturated heterocycles. The molecule has 4 nitrogen and oxygen atoms in total. The fourth-order valence-electron chi connectivity index (χ4n) is 1.94. The van der Waals surface area contributed by atoms with Crippen molar-refractivity contribution >= 4 is 27.5 Å². The van der Waals surface area contributed by atoms with Gasteiger partial charge in [-0.25, -0.2) is 8.42 Å². The Hall–Kier alpha value is -2.29. The van der Waals surface area contributed by atoms with Crippen molar-refractivity contribution in [2.75, 3.05) is 7.11 Å². The molecule has 0 fully saturated rings. The van der Waals surface area contributed by atoms with E-state index in [1.165, 1.54) is 25.3 Å². The summed E-state index contributed by atoms with van der Waals surface area (Å²) < 4.78 is 30.1. The maximum atomic E-state index is 12.5. The van der Waals surface area contributed by atoms with Gasteiger partial charge in [-0.05, 0) is 42.8 Å². The maximum absolute atomic E-state index is 12.5. The first kappa shape index (κ1) is 17.1. The SMILES string of the molecule is COc1ccc(C=C(C#N)S(=O)(=O)c2ccc(C)cc2)cc1Cl. The Morgan fingerprint density at radius 1 is 1.22 bits per heavy atom. The molecule has 0 aliphatic carbocycles. The lowest BCUT2D eigenvalue weighted by atomic mass is 10.2. The molecular formula is C17H14ClNO3S. The molecule has 0 heterocycles. The zero-order chi connectivity index (χ0) is 17.0. The first-order chi connectivity index (χ1) is 10.9. The summed E-state index contributed by atoms with van der Waals surface area (Å²) in [6.07, 6.45) is 1.29. The van der Waals surface area contributed by atoms with Crippen LogP contribution in [-0.2, 0) is 9.84 Å². The predicted molar refractivity (Wildman–Crippen MR) is 90.0 cm³/mol. The van der Waals surface area contributed by atoms with E-state index in [4.69, 9.17) is 16.3 Å². The molecule has 0 saturated carbocycles. The average molecular weight is 348 g/mol.